The van der Waals surface area contributed by atoms with Gasteiger partial charge >= 0.3 is 0 Å². The minimum Gasteiger partial charge on any atom is -0.368 e. The van der Waals surface area contributed by atoms with Crippen molar-refractivity contribution < 1.29 is 4.79 Å². The van der Waals surface area contributed by atoms with Gasteiger partial charge in [-0.1, -0.05) is 11.6 Å². The van der Waals surface area contributed by atoms with Gasteiger partial charge in [0.15, 0.2) is 0 Å². The summed E-state index contributed by atoms with van der Waals surface area (Å²) in [5.74, 6) is -0.343. The summed E-state index contributed by atoms with van der Waals surface area (Å²) in [5, 5.41) is 3.82. The van der Waals surface area contributed by atoms with Gasteiger partial charge in [-0.15, -0.1) is 0 Å². The number of primary amides is 1. The van der Waals surface area contributed by atoms with Crippen LogP contribution in [-0.2, 0) is 11.3 Å². The zero-order valence-corrected chi connectivity index (χ0v) is 10.6. The Morgan fingerprint density at radius 1 is 1.44 bits per heavy atom. The molecule has 0 aromatic heterocycles. The van der Waals surface area contributed by atoms with E-state index in [9.17, 15) is 4.79 Å². The molecule has 1 rings (SSSR count). The van der Waals surface area contributed by atoms with Crippen LogP contribution in [0, 0.1) is 13.8 Å². The first-order chi connectivity index (χ1) is 7.41. The summed E-state index contributed by atoms with van der Waals surface area (Å²) >= 11 is 5.94. The maximum Gasteiger partial charge on any atom is 0.234 e. The molecule has 3 nitrogen and oxygen atoms in total. The van der Waals surface area contributed by atoms with Crippen molar-refractivity contribution >= 4 is 17.5 Å². The fourth-order valence-corrected chi connectivity index (χ4v) is 1.90. The van der Waals surface area contributed by atoms with E-state index in [1.54, 1.807) is 6.92 Å². The summed E-state index contributed by atoms with van der Waals surface area (Å²) < 4.78 is 0. The zero-order valence-electron chi connectivity index (χ0n) is 9.80. The van der Waals surface area contributed by atoms with E-state index in [1.807, 2.05) is 26.0 Å². The van der Waals surface area contributed by atoms with Gasteiger partial charge in [-0.3, -0.25) is 4.79 Å². The van der Waals surface area contributed by atoms with E-state index >= 15 is 0 Å². The molecule has 1 amide bonds. The van der Waals surface area contributed by atoms with Gasteiger partial charge in [0.2, 0.25) is 5.91 Å². The molecule has 0 unspecified atom stereocenters. The molecular weight excluding hydrogens is 224 g/mol. The Morgan fingerprint density at radius 3 is 2.38 bits per heavy atom. The molecule has 1 aromatic carbocycles. The van der Waals surface area contributed by atoms with E-state index in [2.05, 4.69) is 5.32 Å². The van der Waals surface area contributed by atoms with E-state index < -0.39 is 0 Å². The molecule has 0 heterocycles. The number of carbonyl (C=O) groups excluding carboxylic acids is 1. The molecule has 0 aliphatic rings. The molecule has 16 heavy (non-hydrogen) atoms. The first kappa shape index (κ1) is 13.0. The largest absolute Gasteiger partial charge is 0.368 e. The number of nitrogens with two attached hydrogens (primary N) is 1. The van der Waals surface area contributed by atoms with Crippen molar-refractivity contribution in [1.29, 1.82) is 0 Å². The smallest absolute Gasteiger partial charge is 0.234 e. The molecule has 0 aliphatic heterocycles. The Morgan fingerprint density at radius 2 is 1.94 bits per heavy atom. The van der Waals surface area contributed by atoms with Crippen LogP contribution in [0.3, 0.4) is 0 Å². The van der Waals surface area contributed by atoms with Gasteiger partial charge in [0.25, 0.3) is 0 Å². The van der Waals surface area contributed by atoms with Crippen molar-refractivity contribution in [2.75, 3.05) is 0 Å². The molecule has 0 saturated carbocycles. The average molecular weight is 241 g/mol. The quantitative estimate of drug-likeness (QED) is 0.845. The fraction of sp³-hybridized carbons (Fsp3) is 0.417. The molecule has 4 heteroatoms. The minimum absolute atomic E-state index is 0.325. The van der Waals surface area contributed by atoms with Crippen molar-refractivity contribution in [2.24, 2.45) is 5.73 Å². The topological polar surface area (TPSA) is 55.1 Å². The number of benzene rings is 1. The number of amides is 1. The Bertz CT molecular complexity index is 381. The highest BCUT2D eigenvalue weighted by Crippen LogP contribution is 2.19. The lowest BCUT2D eigenvalue weighted by molar-refractivity contribution is -0.119. The molecule has 0 fully saturated rings. The third-order valence-electron chi connectivity index (χ3n) is 2.67. The molecule has 0 aliphatic carbocycles. The predicted molar refractivity (Wildman–Crippen MR) is 66.4 cm³/mol. The summed E-state index contributed by atoms with van der Waals surface area (Å²) in [4.78, 5) is 10.9. The van der Waals surface area contributed by atoms with Crippen LogP contribution < -0.4 is 11.1 Å². The van der Waals surface area contributed by atoms with E-state index in [4.69, 9.17) is 17.3 Å². The standard InChI is InChI=1S/C12H17ClN2O/c1-7-4-10(13)5-8(2)11(7)6-15-9(3)12(14)16/h4-5,9,15H,6H2,1-3H3,(H2,14,16)/t9-/m0/s1. The Kier molecular flexibility index (Phi) is 4.33. The van der Waals surface area contributed by atoms with Crippen LogP contribution in [0.15, 0.2) is 12.1 Å². The minimum atomic E-state index is -0.343. The van der Waals surface area contributed by atoms with Gasteiger partial charge < -0.3 is 11.1 Å². The molecular formula is C12H17ClN2O. The summed E-state index contributed by atoms with van der Waals surface area (Å²) in [6, 6.07) is 3.51. The maximum atomic E-state index is 10.9. The molecule has 88 valence electrons. The van der Waals surface area contributed by atoms with Crippen LogP contribution in [0.25, 0.3) is 0 Å². The van der Waals surface area contributed by atoms with Gasteiger partial charge in [0.1, 0.15) is 0 Å². The lowest BCUT2D eigenvalue weighted by Gasteiger charge is -2.14. The van der Waals surface area contributed by atoms with Gasteiger partial charge in [-0.05, 0) is 49.6 Å². The molecule has 0 spiro atoms. The van der Waals surface area contributed by atoms with Crippen LogP contribution in [0.4, 0.5) is 0 Å². The number of aryl methyl sites for hydroxylation is 2. The third-order valence-corrected chi connectivity index (χ3v) is 2.89. The molecule has 0 bridgehead atoms. The van der Waals surface area contributed by atoms with E-state index in [0.29, 0.717) is 6.54 Å². The fourth-order valence-electron chi connectivity index (χ4n) is 1.58. The van der Waals surface area contributed by atoms with Crippen LogP contribution >= 0.6 is 11.6 Å². The Labute approximate surface area is 101 Å². The maximum absolute atomic E-state index is 10.9. The highest BCUT2D eigenvalue weighted by atomic mass is 35.5. The molecule has 1 atom stereocenters. The predicted octanol–water partition coefficient (Wildman–Crippen LogP) is 1.92. The number of hydrogen-bond acceptors (Lipinski definition) is 2. The molecule has 0 radical (unpaired) electrons. The van der Waals surface area contributed by atoms with Crippen molar-refractivity contribution in [3.8, 4) is 0 Å². The highest BCUT2D eigenvalue weighted by molar-refractivity contribution is 6.30. The number of carbonyl (C=O) groups is 1. The third kappa shape index (κ3) is 3.22. The number of nitrogens with one attached hydrogen (secondary N) is 1. The lowest BCUT2D eigenvalue weighted by Crippen LogP contribution is -2.38. The monoisotopic (exact) mass is 240 g/mol. The van der Waals surface area contributed by atoms with Crippen LogP contribution in [-0.4, -0.2) is 11.9 Å². The molecule has 3 N–H and O–H groups in total. The SMILES string of the molecule is Cc1cc(Cl)cc(C)c1CN[C@@H](C)C(N)=O. The second-order valence-corrected chi connectivity index (χ2v) is 4.46. The number of hydrogen-bond donors (Lipinski definition) is 2. The van der Waals surface area contributed by atoms with Gasteiger partial charge in [-0.2, -0.15) is 0 Å². The molecule has 0 saturated heterocycles. The summed E-state index contributed by atoms with van der Waals surface area (Å²) in [6.45, 7) is 6.39. The highest BCUT2D eigenvalue weighted by Gasteiger charge is 2.09. The second-order valence-electron chi connectivity index (χ2n) is 4.02. The summed E-state index contributed by atoms with van der Waals surface area (Å²) in [7, 11) is 0. The lowest BCUT2D eigenvalue weighted by atomic mass is 10.0. The van der Waals surface area contributed by atoms with Crippen molar-refractivity contribution in [3.63, 3.8) is 0 Å². The normalized spacial score (nSPS) is 12.5. The van der Waals surface area contributed by atoms with Crippen molar-refractivity contribution in [1.82, 2.24) is 5.32 Å². The van der Waals surface area contributed by atoms with Crippen LogP contribution in [0.1, 0.15) is 23.6 Å². The first-order valence-corrected chi connectivity index (χ1v) is 5.58. The van der Waals surface area contributed by atoms with Crippen LogP contribution in [0.2, 0.25) is 5.02 Å². The van der Waals surface area contributed by atoms with E-state index in [0.717, 1.165) is 21.7 Å². The van der Waals surface area contributed by atoms with Gasteiger partial charge in [0.05, 0.1) is 6.04 Å². The van der Waals surface area contributed by atoms with Gasteiger partial charge in [0, 0.05) is 11.6 Å². The van der Waals surface area contributed by atoms with Crippen molar-refractivity contribution in [3.05, 3.63) is 33.8 Å². The Balaban J connectivity index is 2.78. The number of halogens is 1. The first-order valence-electron chi connectivity index (χ1n) is 5.20. The van der Waals surface area contributed by atoms with Crippen molar-refractivity contribution in [2.45, 2.75) is 33.4 Å². The van der Waals surface area contributed by atoms with E-state index in [-0.39, 0.29) is 11.9 Å². The summed E-state index contributed by atoms with van der Waals surface area (Å²) in [5.41, 5.74) is 8.58. The average Bonchev–Trinajstić information content (AvgIpc) is 2.15. The van der Waals surface area contributed by atoms with E-state index in [1.165, 1.54) is 0 Å². The molecule has 1 aromatic rings. The second kappa shape index (κ2) is 5.32. The number of rotatable bonds is 4. The summed E-state index contributed by atoms with van der Waals surface area (Å²) in [6.07, 6.45) is 0. The van der Waals surface area contributed by atoms with Crippen LogP contribution in [0.5, 0.6) is 0 Å². The van der Waals surface area contributed by atoms with Gasteiger partial charge in [-0.25, -0.2) is 0 Å². The zero-order chi connectivity index (χ0) is 12.3. The Hall–Kier alpha value is -1.06.